The van der Waals surface area contributed by atoms with Crippen LogP contribution in [0.3, 0.4) is 0 Å². The zero-order valence-electron chi connectivity index (χ0n) is 8.49. The van der Waals surface area contributed by atoms with Crippen molar-refractivity contribution in [3.8, 4) is 6.07 Å². The van der Waals surface area contributed by atoms with Gasteiger partial charge in [0, 0.05) is 18.5 Å². The van der Waals surface area contributed by atoms with E-state index in [0.717, 1.165) is 4.88 Å². The number of carbonyl (C=O) groups is 1. The van der Waals surface area contributed by atoms with Crippen LogP contribution < -0.4 is 10.6 Å². The van der Waals surface area contributed by atoms with Crippen LogP contribution in [0.25, 0.3) is 0 Å². The number of hydrogen-bond donors (Lipinski definition) is 2. The molecule has 0 spiro atoms. The van der Waals surface area contributed by atoms with Gasteiger partial charge in [0.1, 0.15) is 6.04 Å². The Morgan fingerprint density at radius 2 is 2.53 bits per heavy atom. The van der Waals surface area contributed by atoms with Crippen molar-refractivity contribution in [2.45, 2.75) is 19.0 Å². The molecule has 80 valence electrons. The Balaban J connectivity index is 2.35. The number of nitrogens with one attached hydrogen (secondary N) is 2. The molecule has 5 heteroatoms. The van der Waals surface area contributed by atoms with Gasteiger partial charge in [-0.25, -0.2) is 0 Å². The van der Waals surface area contributed by atoms with Crippen LogP contribution >= 0.6 is 11.3 Å². The van der Waals surface area contributed by atoms with Gasteiger partial charge in [-0.3, -0.25) is 10.1 Å². The predicted molar refractivity (Wildman–Crippen MR) is 59.2 cm³/mol. The molecular formula is C10H13N3OS. The fourth-order valence-electron chi connectivity index (χ4n) is 1.09. The normalized spacial score (nSPS) is 11.7. The molecule has 0 aromatic carbocycles. The maximum absolute atomic E-state index is 11.0. The molecule has 0 saturated heterocycles. The first-order valence-corrected chi connectivity index (χ1v) is 5.50. The second kappa shape index (κ2) is 6.17. The van der Waals surface area contributed by atoms with Gasteiger partial charge in [-0.15, -0.1) is 11.3 Å². The fourth-order valence-corrected chi connectivity index (χ4v) is 1.74. The predicted octanol–water partition coefficient (Wildman–Crippen LogP) is 0.866. The molecule has 1 atom stereocenters. The van der Waals surface area contributed by atoms with E-state index in [1.54, 1.807) is 18.4 Å². The SMILES string of the molecule is CNC(=O)CC(C#N)NCc1cccs1. The lowest BCUT2D eigenvalue weighted by atomic mass is 10.2. The van der Waals surface area contributed by atoms with Crippen LogP contribution in [0.4, 0.5) is 0 Å². The van der Waals surface area contributed by atoms with Crippen molar-refractivity contribution in [2.75, 3.05) is 7.05 Å². The molecule has 1 heterocycles. The standard InChI is InChI=1S/C10H13N3OS/c1-12-10(14)5-8(6-11)13-7-9-3-2-4-15-9/h2-4,8,13H,5,7H2,1H3,(H,12,14). The van der Waals surface area contributed by atoms with Gasteiger partial charge in [0.15, 0.2) is 0 Å². The molecule has 2 N–H and O–H groups in total. The molecule has 1 amide bonds. The number of nitrogens with zero attached hydrogens (tertiary/aromatic N) is 1. The highest BCUT2D eigenvalue weighted by molar-refractivity contribution is 7.09. The zero-order valence-corrected chi connectivity index (χ0v) is 9.30. The number of carbonyl (C=O) groups excluding carboxylic acids is 1. The van der Waals surface area contributed by atoms with Crippen LogP contribution in [0, 0.1) is 11.3 Å². The lowest BCUT2D eigenvalue weighted by Crippen LogP contribution is -2.33. The molecule has 0 bridgehead atoms. The molecule has 1 aromatic rings. The van der Waals surface area contributed by atoms with E-state index in [1.165, 1.54) is 0 Å². The van der Waals surface area contributed by atoms with E-state index in [0.29, 0.717) is 6.54 Å². The highest BCUT2D eigenvalue weighted by Crippen LogP contribution is 2.08. The van der Waals surface area contributed by atoms with Crippen molar-refractivity contribution >= 4 is 17.2 Å². The third-order valence-corrected chi connectivity index (χ3v) is 2.80. The quantitative estimate of drug-likeness (QED) is 0.778. The number of nitriles is 1. The molecule has 4 nitrogen and oxygen atoms in total. The summed E-state index contributed by atoms with van der Waals surface area (Å²) in [4.78, 5) is 12.2. The number of rotatable bonds is 5. The molecule has 1 aromatic heterocycles. The minimum absolute atomic E-state index is 0.125. The van der Waals surface area contributed by atoms with E-state index in [4.69, 9.17) is 5.26 Å². The number of amides is 1. The Hall–Kier alpha value is -1.38. The van der Waals surface area contributed by atoms with Crippen LogP contribution in [0.1, 0.15) is 11.3 Å². The lowest BCUT2D eigenvalue weighted by Gasteiger charge is -2.09. The highest BCUT2D eigenvalue weighted by atomic mass is 32.1. The molecule has 0 saturated carbocycles. The molecule has 1 unspecified atom stereocenters. The van der Waals surface area contributed by atoms with Crippen molar-refractivity contribution in [1.29, 1.82) is 5.26 Å². The minimum atomic E-state index is -0.424. The van der Waals surface area contributed by atoms with E-state index in [1.807, 2.05) is 17.5 Å². The van der Waals surface area contributed by atoms with E-state index >= 15 is 0 Å². The second-order valence-electron chi connectivity index (χ2n) is 3.02. The van der Waals surface area contributed by atoms with Crippen LogP contribution in [-0.4, -0.2) is 19.0 Å². The van der Waals surface area contributed by atoms with Crippen molar-refractivity contribution in [3.05, 3.63) is 22.4 Å². The largest absolute Gasteiger partial charge is 0.359 e. The van der Waals surface area contributed by atoms with Gasteiger partial charge in [-0.05, 0) is 11.4 Å². The monoisotopic (exact) mass is 223 g/mol. The van der Waals surface area contributed by atoms with Gasteiger partial charge < -0.3 is 5.32 Å². The van der Waals surface area contributed by atoms with Crippen LogP contribution in [0.15, 0.2) is 17.5 Å². The first-order chi connectivity index (χ1) is 7.26. The second-order valence-corrected chi connectivity index (χ2v) is 4.05. The molecule has 0 aliphatic rings. The summed E-state index contributed by atoms with van der Waals surface area (Å²) < 4.78 is 0. The molecule has 0 aliphatic carbocycles. The molecule has 1 rings (SSSR count). The summed E-state index contributed by atoms with van der Waals surface area (Å²) in [5.74, 6) is -0.125. The van der Waals surface area contributed by atoms with Crippen LogP contribution in [0.2, 0.25) is 0 Å². The average molecular weight is 223 g/mol. The summed E-state index contributed by atoms with van der Waals surface area (Å²) in [6.45, 7) is 0.632. The Kier molecular flexibility index (Phi) is 4.81. The van der Waals surface area contributed by atoms with Gasteiger partial charge in [-0.2, -0.15) is 5.26 Å². The molecule has 0 radical (unpaired) electrons. The number of thiophene rings is 1. The van der Waals surface area contributed by atoms with Gasteiger partial charge in [0.05, 0.1) is 12.5 Å². The van der Waals surface area contributed by atoms with Crippen LogP contribution in [-0.2, 0) is 11.3 Å². The lowest BCUT2D eigenvalue weighted by molar-refractivity contribution is -0.120. The smallest absolute Gasteiger partial charge is 0.222 e. The summed E-state index contributed by atoms with van der Waals surface area (Å²) in [6, 6.07) is 5.59. The first kappa shape index (κ1) is 11.7. The third-order valence-electron chi connectivity index (χ3n) is 1.93. The third kappa shape index (κ3) is 4.11. The van der Waals surface area contributed by atoms with E-state index in [2.05, 4.69) is 16.7 Å². The topological polar surface area (TPSA) is 64.9 Å². The molecule has 0 fully saturated rings. The van der Waals surface area contributed by atoms with Gasteiger partial charge in [-0.1, -0.05) is 6.07 Å². The van der Waals surface area contributed by atoms with Gasteiger partial charge >= 0.3 is 0 Å². The Labute approximate surface area is 92.9 Å². The Morgan fingerprint density at radius 1 is 1.73 bits per heavy atom. The van der Waals surface area contributed by atoms with Crippen LogP contribution in [0.5, 0.6) is 0 Å². The van der Waals surface area contributed by atoms with E-state index in [9.17, 15) is 4.79 Å². The van der Waals surface area contributed by atoms with Gasteiger partial charge in [0.25, 0.3) is 0 Å². The van der Waals surface area contributed by atoms with Crippen molar-refractivity contribution in [3.63, 3.8) is 0 Å². The minimum Gasteiger partial charge on any atom is -0.359 e. The Morgan fingerprint density at radius 3 is 3.07 bits per heavy atom. The molecule has 15 heavy (non-hydrogen) atoms. The highest BCUT2D eigenvalue weighted by Gasteiger charge is 2.11. The summed E-state index contributed by atoms with van der Waals surface area (Å²) in [6.07, 6.45) is 0.193. The number of hydrogen-bond acceptors (Lipinski definition) is 4. The van der Waals surface area contributed by atoms with Gasteiger partial charge in [0.2, 0.25) is 5.91 Å². The van der Waals surface area contributed by atoms with E-state index in [-0.39, 0.29) is 12.3 Å². The van der Waals surface area contributed by atoms with Crippen molar-refractivity contribution in [1.82, 2.24) is 10.6 Å². The van der Waals surface area contributed by atoms with Crippen molar-refractivity contribution in [2.24, 2.45) is 0 Å². The summed E-state index contributed by atoms with van der Waals surface area (Å²) >= 11 is 1.63. The first-order valence-electron chi connectivity index (χ1n) is 4.62. The molecular weight excluding hydrogens is 210 g/mol. The summed E-state index contributed by atoms with van der Waals surface area (Å²) in [5.41, 5.74) is 0. The average Bonchev–Trinajstić information content (AvgIpc) is 2.76. The maximum Gasteiger partial charge on any atom is 0.222 e. The van der Waals surface area contributed by atoms with Crippen molar-refractivity contribution < 1.29 is 4.79 Å². The maximum atomic E-state index is 11.0. The van der Waals surface area contributed by atoms with E-state index < -0.39 is 6.04 Å². The molecule has 0 aliphatic heterocycles. The fraction of sp³-hybridized carbons (Fsp3) is 0.400. The summed E-state index contributed by atoms with van der Waals surface area (Å²) in [7, 11) is 1.57. The zero-order chi connectivity index (χ0) is 11.1. The Bertz CT molecular complexity index is 342. The summed E-state index contributed by atoms with van der Waals surface area (Å²) in [5, 5.41) is 16.3.